The summed E-state index contributed by atoms with van der Waals surface area (Å²) in [6, 6.07) is 5.27. The number of nitrogens with zero attached hydrogens (tertiary/aromatic N) is 1. The summed E-state index contributed by atoms with van der Waals surface area (Å²) in [7, 11) is 0. The third-order valence-electron chi connectivity index (χ3n) is 2.97. The van der Waals surface area contributed by atoms with Gasteiger partial charge < -0.3 is 10.1 Å². The zero-order chi connectivity index (χ0) is 17.2. The Labute approximate surface area is 135 Å². The van der Waals surface area contributed by atoms with Crippen LogP contribution in [0.2, 0.25) is 0 Å². The van der Waals surface area contributed by atoms with E-state index in [1.54, 1.807) is 13.0 Å². The van der Waals surface area contributed by atoms with Gasteiger partial charge in [-0.1, -0.05) is 13.8 Å². The predicted molar refractivity (Wildman–Crippen MR) is 87.0 cm³/mol. The van der Waals surface area contributed by atoms with Gasteiger partial charge in [0.25, 0.3) is 5.91 Å². The van der Waals surface area contributed by atoms with Crippen molar-refractivity contribution < 1.29 is 18.7 Å². The van der Waals surface area contributed by atoms with Crippen molar-refractivity contribution in [3.63, 3.8) is 0 Å². The van der Waals surface area contributed by atoms with Crippen LogP contribution >= 0.6 is 0 Å². The lowest BCUT2D eigenvalue weighted by Crippen LogP contribution is -2.23. The lowest BCUT2D eigenvalue weighted by Gasteiger charge is -2.09. The quantitative estimate of drug-likeness (QED) is 0.809. The Morgan fingerprint density at radius 1 is 1.17 bits per heavy atom. The van der Waals surface area contributed by atoms with Crippen molar-refractivity contribution in [3.05, 3.63) is 47.4 Å². The van der Waals surface area contributed by atoms with Crippen LogP contribution in [-0.4, -0.2) is 24.3 Å². The number of hydrogen-bond acceptors (Lipinski definition) is 3. The van der Waals surface area contributed by atoms with Crippen molar-refractivity contribution in [2.45, 2.75) is 33.6 Å². The molecule has 0 unspecified atom stereocenters. The van der Waals surface area contributed by atoms with Gasteiger partial charge in [0.05, 0.1) is 6.61 Å². The van der Waals surface area contributed by atoms with Crippen LogP contribution in [0, 0.1) is 5.82 Å². The smallest absolute Gasteiger partial charge is 0.433 e. The number of rotatable bonds is 6. The standard InChI is InChI=1S/C17H21FN2O3/c1-4-14(11-15(5-2)20-17(22)23-6-3)19-16(21)12-7-9-13(18)10-8-12/h7-11H,4-6H2,1-3H3,(H,19,21)/b14-11+,20-15?. The molecule has 0 saturated carbocycles. The van der Waals surface area contributed by atoms with Gasteiger partial charge in [0.2, 0.25) is 0 Å². The molecule has 0 aliphatic heterocycles. The molecule has 0 radical (unpaired) electrons. The van der Waals surface area contributed by atoms with Crippen molar-refractivity contribution in [3.8, 4) is 0 Å². The van der Waals surface area contributed by atoms with E-state index < -0.39 is 11.9 Å². The second-order valence-corrected chi connectivity index (χ2v) is 4.64. The first-order chi connectivity index (χ1) is 11.0. The number of aliphatic imine (C=N–C) groups is 1. The summed E-state index contributed by atoms with van der Waals surface area (Å²) in [6.45, 7) is 5.68. The van der Waals surface area contributed by atoms with Gasteiger partial charge in [0.15, 0.2) is 0 Å². The molecular formula is C17H21FN2O3. The summed E-state index contributed by atoms with van der Waals surface area (Å²) >= 11 is 0. The topological polar surface area (TPSA) is 67.8 Å². The van der Waals surface area contributed by atoms with E-state index in [0.717, 1.165) is 0 Å². The normalized spacial score (nSPS) is 12.0. The molecule has 5 nitrogen and oxygen atoms in total. The van der Waals surface area contributed by atoms with Crippen LogP contribution in [0.1, 0.15) is 44.0 Å². The van der Waals surface area contributed by atoms with Gasteiger partial charge in [0, 0.05) is 17.0 Å². The first kappa shape index (κ1) is 18.5. The average molecular weight is 320 g/mol. The first-order valence-corrected chi connectivity index (χ1v) is 7.51. The van der Waals surface area contributed by atoms with Crippen molar-refractivity contribution in [1.82, 2.24) is 5.32 Å². The molecule has 0 bridgehead atoms. The molecular weight excluding hydrogens is 299 g/mol. The van der Waals surface area contributed by atoms with Crippen LogP contribution in [0.3, 0.4) is 0 Å². The molecule has 1 rings (SSSR count). The summed E-state index contributed by atoms with van der Waals surface area (Å²) in [4.78, 5) is 27.4. The highest BCUT2D eigenvalue weighted by Gasteiger charge is 2.08. The van der Waals surface area contributed by atoms with Crippen LogP contribution in [0.4, 0.5) is 9.18 Å². The second-order valence-electron chi connectivity index (χ2n) is 4.64. The molecule has 1 aromatic rings. The zero-order valence-electron chi connectivity index (χ0n) is 13.6. The maximum Gasteiger partial charge on any atom is 0.433 e. The summed E-state index contributed by atoms with van der Waals surface area (Å²) in [6.07, 6.45) is 2.07. The highest BCUT2D eigenvalue weighted by atomic mass is 19.1. The summed E-state index contributed by atoms with van der Waals surface area (Å²) in [5.74, 6) is -0.743. The molecule has 2 amide bonds. The van der Waals surface area contributed by atoms with Gasteiger partial charge in [0.1, 0.15) is 5.82 Å². The summed E-state index contributed by atoms with van der Waals surface area (Å²) in [5, 5.41) is 2.74. The molecule has 0 spiro atoms. The molecule has 0 saturated heterocycles. The number of benzene rings is 1. The number of ether oxygens (including phenoxy) is 1. The van der Waals surface area contributed by atoms with Crippen LogP contribution in [-0.2, 0) is 4.74 Å². The Hall–Kier alpha value is -2.50. The van der Waals surface area contributed by atoms with Gasteiger partial charge in [-0.05, 0) is 50.1 Å². The van der Waals surface area contributed by atoms with Crippen LogP contribution < -0.4 is 5.32 Å². The number of halogens is 1. The van der Waals surface area contributed by atoms with Crippen molar-refractivity contribution in [1.29, 1.82) is 0 Å². The fourth-order valence-electron chi connectivity index (χ4n) is 1.73. The van der Waals surface area contributed by atoms with Crippen LogP contribution in [0.5, 0.6) is 0 Å². The van der Waals surface area contributed by atoms with Gasteiger partial charge in [-0.2, -0.15) is 4.99 Å². The minimum Gasteiger partial charge on any atom is -0.448 e. The Morgan fingerprint density at radius 2 is 1.83 bits per heavy atom. The van der Waals surface area contributed by atoms with Crippen molar-refractivity contribution in [2.75, 3.05) is 6.61 Å². The van der Waals surface area contributed by atoms with Crippen molar-refractivity contribution >= 4 is 17.7 Å². The zero-order valence-corrected chi connectivity index (χ0v) is 13.6. The fourth-order valence-corrected chi connectivity index (χ4v) is 1.73. The highest BCUT2D eigenvalue weighted by molar-refractivity contribution is 6.02. The van der Waals surface area contributed by atoms with E-state index >= 15 is 0 Å². The Bertz CT molecular complexity index is 607. The van der Waals surface area contributed by atoms with Gasteiger partial charge in [-0.3, -0.25) is 4.79 Å². The third-order valence-corrected chi connectivity index (χ3v) is 2.97. The highest BCUT2D eigenvalue weighted by Crippen LogP contribution is 2.06. The van der Waals surface area contributed by atoms with Gasteiger partial charge in [-0.25, -0.2) is 9.18 Å². The fraction of sp³-hybridized carbons (Fsp3) is 0.353. The lowest BCUT2D eigenvalue weighted by molar-refractivity contribution is 0.0964. The molecule has 0 heterocycles. The van der Waals surface area contributed by atoms with Crippen LogP contribution in [0.15, 0.2) is 41.0 Å². The largest absolute Gasteiger partial charge is 0.448 e. The Kier molecular flexibility index (Phi) is 7.66. The SMILES string of the molecule is CCOC(=O)N=C(/C=C(\CC)NC(=O)c1ccc(F)cc1)CC. The van der Waals surface area contributed by atoms with Gasteiger partial charge in [-0.15, -0.1) is 0 Å². The third kappa shape index (κ3) is 6.42. The number of nitrogens with one attached hydrogen (secondary N) is 1. The number of allylic oxidation sites excluding steroid dienone is 2. The number of carbonyl (C=O) groups excluding carboxylic acids is 2. The molecule has 124 valence electrons. The minimum absolute atomic E-state index is 0.255. The molecule has 0 atom stereocenters. The van der Waals surface area contributed by atoms with Crippen LogP contribution in [0.25, 0.3) is 0 Å². The maximum absolute atomic E-state index is 12.9. The van der Waals surface area contributed by atoms with E-state index in [9.17, 15) is 14.0 Å². The Balaban J connectivity index is 2.87. The molecule has 1 aromatic carbocycles. The van der Waals surface area contributed by atoms with Crippen molar-refractivity contribution in [2.24, 2.45) is 4.99 Å². The van der Waals surface area contributed by atoms with E-state index in [1.807, 2.05) is 13.8 Å². The monoisotopic (exact) mass is 320 g/mol. The molecule has 0 aromatic heterocycles. The number of hydrogen-bond donors (Lipinski definition) is 1. The first-order valence-electron chi connectivity index (χ1n) is 7.51. The van der Waals surface area contributed by atoms with E-state index in [-0.39, 0.29) is 12.5 Å². The molecule has 0 aliphatic carbocycles. The molecule has 0 fully saturated rings. The van der Waals surface area contributed by atoms with E-state index in [0.29, 0.717) is 29.8 Å². The summed E-state index contributed by atoms with van der Waals surface area (Å²) < 4.78 is 17.7. The molecule has 23 heavy (non-hydrogen) atoms. The Morgan fingerprint density at radius 3 is 2.35 bits per heavy atom. The van der Waals surface area contributed by atoms with E-state index in [1.165, 1.54) is 24.3 Å². The second kappa shape index (κ2) is 9.50. The number of amides is 2. The maximum atomic E-state index is 12.9. The summed E-state index contributed by atoms with van der Waals surface area (Å²) in [5.41, 5.74) is 1.48. The lowest BCUT2D eigenvalue weighted by atomic mass is 10.1. The molecule has 0 aliphatic rings. The number of carbonyl (C=O) groups is 2. The average Bonchev–Trinajstić information content (AvgIpc) is 2.54. The predicted octanol–water partition coefficient (Wildman–Crippen LogP) is 3.86. The van der Waals surface area contributed by atoms with Gasteiger partial charge >= 0.3 is 6.09 Å². The van der Waals surface area contributed by atoms with E-state index in [4.69, 9.17) is 4.74 Å². The molecule has 6 heteroatoms. The van der Waals surface area contributed by atoms with E-state index in [2.05, 4.69) is 10.3 Å². The minimum atomic E-state index is -0.652. The molecule has 1 N–H and O–H groups in total.